The molecule has 0 unspecified atom stereocenters. The van der Waals surface area contributed by atoms with Gasteiger partial charge >= 0.3 is 0 Å². The van der Waals surface area contributed by atoms with Crippen LogP contribution in [0.15, 0.2) is 66.0 Å². The number of nitrogens with one attached hydrogen (secondary N) is 1. The van der Waals surface area contributed by atoms with Crippen molar-refractivity contribution in [1.29, 1.82) is 0 Å². The lowest BCUT2D eigenvalue weighted by molar-refractivity contribution is 0.255. The number of fused-ring (bicyclic) bond motifs is 2. The van der Waals surface area contributed by atoms with E-state index in [4.69, 9.17) is 22.4 Å². The zero-order valence-electron chi connectivity index (χ0n) is 20.0. The Hall–Kier alpha value is -3.47. The third-order valence-electron chi connectivity index (χ3n) is 7.16. The normalized spacial score (nSPS) is 15.6. The van der Waals surface area contributed by atoms with E-state index >= 15 is 0 Å². The molecule has 37 heavy (non-hydrogen) atoms. The van der Waals surface area contributed by atoms with E-state index in [0.29, 0.717) is 37.0 Å². The van der Waals surface area contributed by atoms with Gasteiger partial charge in [0.1, 0.15) is 22.7 Å². The van der Waals surface area contributed by atoms with Crippen LogP contribution < -0.4 is 5.73 Å². The largest absolute Gasteiger partial charge is 0.383 e. The number of halogens is 1. The highest BCUT2D eigenvalue weighted by Crippen LogP contribution is 2.33. The van der Waals surface area contributed by atoms with Crippen LogP contribution in [0.3, 0.4) is 0 Å². The summed E-state index contributed by atoms with van der Waals surface area (Å²) < 4.78 is 29.6. The van der Waals surface area contributed by atoms with Gasteiger partial charge < -0.3 is 10.7 Å². The highest BCUT2D eigenvalue weighted by molar-refractivity contribution is 7.89. The van der Waals surface area contributed by atoms with Gasteiger partial charge in [0.15, 0.2) is 5.65 Å². The number of sulfonamides is 1. The van der Waals surface area contributed by atoms with Crippen molar-refractivity contribution in [3.63, 3.8) is 0 Å². The number of piperidine rings is 1. The van der Waals surface area contributed by atoms with Gasteiger partial charge in [-0.25, -0.2) is 23.1 Å². The summed E-state index contributed by atoms with van der Waals surface area (Å²) in [5.41, 5.74) is 9.75. The molecule has 0 bridgehead atoms. The number of nitrogen functional groups attached to an aromatic ring is 1. The van der Waals surface area contributed by atoms with Crippen molar-refractivity contribution in [2.24, 2.45) is 5.92 Å². The number of hydrogen-bond acceptors (Lipinski definition) is 6. The summed E-state index contributed by atoms with van der Waals surface area (Å²) in [7, 11) is -3.60. The zero-order chi connectivity index (χ0) is 25.6. The minimum absolute atomic E-state index is 0.167. The molecule has 0 aliphatic carbocycles. The van der Waals surface area contributed by atoms with Crippen LogP contribution in [-0.4, -0.2) is 50.5 Å². The lowest BCUT2D eigenvalue weighted by atomic mass is 9.95. The van der Waals surface area contributed by atoms with Gasteiger partial charge in [-0.1, -0.05) is 29.8 Å². The highest BCUT2D eigenvalue weighted by atomic mass is 35.5. The van der Waals surface area contributed by atoms with Crippen molar-refractivity contribution in [2.45, 2.75) is 30.7 Å². The lowest BCUT2D eigenvalue weighted by Crippen LogP contribution is -2.38. The fourth-order valence-corrected chi connectivity index (χ4v) is 7.09. The number of benzene rings is 2. The molecule has 1 aliphatic rings. The van der Waals surface area contributed by atoms with Gasteiger partial charge in [0.2, 0.25) is 10.0 Å². The summed E-state index contributed by atoms with van der Waals surface area (Å²) in [4.78, 5) is 12.1. The van der Waals surface area contributed by atoms with Crippen LogP contribution in [0.5, 0.6) is 0 Å². The zero-order valence-corrected chi connectivity index (χ0v) is 21.6. The second-order valence-corrected chi connectivity index (χ2v) is 11.7. The van der Waals surface area contributed by atoms with Crippen molar-refractivity contribution < 1.29 is 8.42 Å². The smallest absolute Gasteiger partial charge is 0.244 e. The molecule has 3 aromatic heterocycles. The Bertz CT molecular complexity index is 1700. The number of H-pyrrole nitrogens is 1. The van der Waals surface area contributed by atoms with E-state index in [2.05, 4.69) is 21.0 Å². The Morgan fingerprint density at radius 3 is 2.70 bits per heavy atom. The van der Waals surface area contributed by atoms with Crippen LogP contribution in [0.25, 0.3) is 33.2 Å². The molecule has 1 fully saturated rings. The Kier molecular flexibility index (Phi) is 6.10. The average molecular weight is 536 g/mol. The maximum atomic E-state index is 13.1. The Morgan fingerprint density at radius 1 is 1.08 bits per heavy atom. The van der Waals surface area contributed by atoms with Crippen molar-refractivity contribution in [3.05, 3.63) is 66.1 Å². The third-order valence-corrected chi connectivity index (χ3v) is 9.56. The fraction of sp³-hybridized carbons (Fsp3) is 0.269. The molecule has 0 saturated carbocycles. The van der Waals surface area contributed by atoms with Crippen molar-refractivity contribution >= 4 is 49.4 Å². The van der Waals surface area contributed by atoms with Crippen LogP contribution >= 0.6 is 11.6 Å². The minimum atomic E-state index is -3.60. The first-order chi connectivity index (χ1) is 17.9. The van der Waals surface area contributed by atoms with Gasteiger partial charge in [-0.15, -0.1) is 0 Å². The van der Waals surface area contributed by atoms with E-state index in [1.54, 1.807) is 24.3 Å². The molecular weight excluding hydrogens is 510 g/mol. The topological polar surface area (TPSA) is 123 Å². The molecule has 4 heterocycles. The molecule has 190 valence electrons. The lowest BCUT2D eigenvalue weighted by Gasteiger charge is -2.31. The van der Waals surface area contributed by atoms with Crippen molar-refractivity contribution in [2.75, 3.05) is 18.8 Å². The third kappa shape index (κ3) is 4.35. The van der Waals surface area contributed by atoms with Gasteiger partial charge in [0.25, 0.3) is 0 Å². The van der Waals surface area contributed by atoms with Crippen LogP contribution in [0.2, 0.25) is 5.02 Å². The van der Waals surface area contributed by atoms with E-state index < -0.39 is 10.0 Å². The predicted molar refractivity (Wildman–Crippen MR) is 145 cm³/mol. The second kappa shape index (κ2) is 9.44. The van der Waals surface area contributed by atoms with Gasteiger partial charge in [-0.3, -0.25) is 0 Å². The molecule has 0 atom stereocenters. The number of rotatable bonds is 6. The van der Waals surface area contributed by atoms with Gasteiger partial charge in [-0.05, 0) is 55.5 Å². The van der Waals surface area contributed by atoms with Crippen LogP contribution in [0.4, 0.5) is 5.82 Å². The summed E-state index contributed by atoms with van der Waals surface area (Å²) >= 11 is 6.17. The average Bonchev–Trinajstić information content (AvgIpc) is 3.53. The molecule has 0 radical (unpaired) electrons. The van der Waals surface area contributed by atoms with Crippen molar-refractivity contribution in [1.82, 2.24) is 29.0 Å². The number of anilines is 1. The van der Waals surface area contributed by atoms with E-state index in [0.717, 1.165) is 46.8 Å². The number of hydrogen-bond donors (Lipinski definition) is 2. The molecule has 1 saturated heterocycles. The van der Waals surface area contributed by atoms with Crippen LogP contribution in [-0.2, 0) is 16.6 Å². The first-order valence-electron chi connectivity index (χ1n) is 12.2. The Balaban J connectivity index is 1.19. The molecular formula is C26H26ClN7O2S. The first kappa shape index (κ1) is 23.9. The van der Waals surface area contributed by atoms with E-state index in [9.17, 15) is 8.42 Å². The molecule has 1 aliphatic heterocycles. The predicted octanol–water partition coefficient (Wildman–Crippen LogP) is 4.70. The summed E-state index contributed by atoms with van der Waals surface area (Å²) in [6.07, 6.45) is 5.78. The number of aromatic nitrogens is 5. The molecule has 2 aromatic carbocycles. The van der Waals surface area contributed by atoms with Crippen molar-refractivity contribution in [3.8, 4) is 11.3 Å². The molecule has 0 amide bonds. The highest BCUT2D eigenvalue weighted by Gasteiger charge is 2.31. The summed E-state index contributed by atoms with van der Waals surface area (Å²) in [6, 6.07) is 14.8. The van der Waals surface area contributed by atoms with Crippen LogP contribution in [0.1, 0.15) is 19.3 Å². The SMILES string of the molecule is Nc1ncnc2c1c(-c1ccc3[nH]ccc3c1)nn2CCC1CCN(S(=O)(=O)c2ccccc2Cl)CC1. The van der Waals surface area contributed by atoms with E-state index in [1.807, 2.05) is 29.1 Å². The maximum Gasteiger partial charge on any atom is 0.244 e. The quantitative estimate of drug-likeness (QED) is 0.325. The molecule has 0 spiro atoms. The standard InChI is InChI=1S/C26H26ClN7O2S/c27-20-3-1-2-4-22(20)37(35,36)33-12-8-17(9-13-33)10-14-34-26-23(25(28)30-16-31-26)24(32-34)19-5-6-21-18(15-19)7-11-29-21/h1-7,11,15-17,29H,8-10,12-14H2,(H2,28,30,31). The van der Waals surface area contributed by atoms with Gasteiger partial charge in [0, 0.05) is 42.3 Å². The monoisotopic (exact) mass is 535 g/mol. The summed E-state index contributed by atoms with van der Waals surface area (Å²) in [5.74, 6) is 0.772. The number of nitrogens with two attached hydrogens (primary N) is 1. The van der Waals surface area contributed by atoms with Crippen LogP contribution in [0, 0.1) is 5.92 Å². The second-order valence-electron chi connectivity index (χ2n) is 9.38. The number of nitrogens with zero attached hydrogens (tertiary/aromatic N) is 5. The number of aromatic amines is 1. The molecule has 11 heteroatoms. The molecule has 9 nitrogen and oxygen atoms in total. The van der Waals surface area contributed by atoms with E-state index in [1.165, 1.54) is 10.6 Å². The molecule has 5 aromatic rings. The Labute approximate surface area is 219 Å². The van der Waals surface area contributed by atoms with Gasteiger partial charge in [-0.2, -0.15) is 9.40 Å². The minimum Gasteiger partial charge on any atom is -0.383 e. The number of aryl methyl sites for hydroxylation is 1. The first-order valence-corrected chi connectivity index (χ1v) is 14.0. The summed E-state index contributed by atoms with van der Waals surface area (Å²) in [5, 5.41) is 7.00. The van der Waals surface area contributed by atoms with E-state index in [-0.39, 0.29) is 9.92 Å². The molecule has 3 N–H and O–H groups in total. The molecule has 6 rings (SSSR count). The fourth-order valence-electron chi connectivity index (χ4n) is 5.13. The maximum absolute atomic E-state index is 13.1. The van der Waals surface area contributed by atoms with Gasteiger partial charge in [0.05, 0.1) is 10.4 Å². The Morgan fingerprint density at radius 2 is 1.89 bits per heavy atom. The summed E-state index contributed by atoms with van der Waals surface area (Å²) in [6.45, 7) is 1.59.